The van der Waals surface area contributed by atoms with Crippen molar-refractivity contribution in [3.63, 3.8) is 0 Å². The number of hydrogen-bond donors (Lipinski definition) is 0. The molecule has 23 aromatic rings. The van der Waals surface area contributed by atoms with E-state index < -0.39 is 0 Å². The molecule has 24 rings (SSSR count). The van der Waals surface area contributed by atoms with Gasteiger partial charge >= 0.3 is 0 Å². The zero-order valence-corrected chi connectivity index (χ0v) is 74.8. The monoisotopic (exact) mass is 1890 g/mol. The van der Waals surface area contributed by atoms with Crippen LogP contribution in [0, 0.1) is 0 Å². The van der Waals surface area contributed by atoms with Crippen molar-refractivity contribution in [2.24, 2.45) is 0 Å². The molecule has 598 valence electrons. The van der Waals surface area contributed by atoms with Gasteiger partial charge in [-0.25, -0.2) is 59.8 Å². The summed E-state index contributed by atoms with van der Waals surface area (Å²) in [5.74, 6) is 0. The number of nitrogens with zero attached hydrogens (tertiary/aromatic N) is 13. The minimum absolute atomic E-state index is 0.0275. The fourth-order valence-electron chi connectivity index (χ4n) is 15.2. The molecule has 124 heavy (non-hydrogen) atoms. The highest BCUT2D eigenvalue weighted by atomic mass is 79.9. The molecule has 24 heteroatoms. The van der Waals surface area contributed by atoms with Gasteiger partial charge in [0.25, 0.3) is 0 Å². The van der Waals surface area contributed by atoms with Gasteiger partial charge in [0, 0.05) is 78.1 Å². The first kappa shape index (κ1) is 81.3. The van der Waals surface area contributed by atoms with Crippen molar-refractivity contribution in [2.75, 3.05) is 0 Å². The summed E-state index contributed by atoms with van der Waals surface area (Å²) in [5, 5.41) is 12.9. The summed E-state index contributed by atoms with van der Waals surface area (Å²) in [6, 6.07) is 101. The largest absolute Gasteiger partial charge is 0.456 e. The first-order chi connectivity index (χ1) is 60.7. The third kappa shape index (κ3) is 17.0. The van der Waals surface area contributed by atoms with Crippen molar-refractivity contribution in [1.29, 1.82) is 0 Å². The van der Waals surface area contributed by atoms with Crippen LogP contribution in [-0.2, 0) is 5.41 Å². The molecule has 0 radical (unpaired) electrons. The van der Waals surface area contributed by atoms with E-state index in [9.17, 15) is 0 Å². The molecule has 0 saturated heterocycles. The second kappa shape index (κ2) is 35.8. The van der Waals surface area contributed by atoms with Crippen LogP contribution in [0.5, 0.6) is 0 Å². The van der Waals surface area contributed by atoms with Gasteiger partial charge in [0.1, 0.15) is 27.5 Å². The smallest absolute Gasteiger partial charge is 0.223 e. The molecule has 10 aromatic carbocycles. The maximum Gasteiger partial charge on any atom is 0.223 e. The summed E-state index contributed by atoms with van der Waals surface area (Å²) in [4.78, 5) is 57.0. The number of pyridine rings is 3. The third-order valence-electron chi connectivity index (χ3n) is 21.0. The van der Waals surface area contributed by atoms with Gasteiger partial charge in [0.2, 0.25) is 15.9 Å². The molecular formula is C100H61Br2Cl4N13OS4. The van der Waals surface area contributed by atoms with Crippen LogP contribution >= 0.6 is 124 Å². The van der Waals surface area contributed by atoms with Crippen LogP contribution < -0.4 is 0 Å². The van der Waals surface area contributed by atoms with Crippen molar-refractivity contribution in [3.8, 4) is 89.7 Å². The number of para-hydroxylation sites is 1. The number of furan rings is 1. The van der Waals surface area contributed by atoms with E-state index in [4.69, 9.17) is 50.8 Å². The number of aromatic nitrogens is 13. The molecule has 0 aliphatic heterocycles. The van der Waals surface area contributed by atoms with E-state index in [-0.39, 0.29) is 16.0 Å². The lowest BCUT2D eigenvalue weighted by atomic mass is 9.82. The Bertz CT molecular complexity index is 7920. The fraction of sp³-hybridized carbons (Fsp3) is 0.0300. The van der Waals surface area contributed by atoms with Crippen LogP contribution in [0.2, 0.25) is 21.0 Å². The average molecular weight is 1890 g/mol. The van der Waals surface area contributed by atoms with Gasteiger partial charge in [-0.3, -0.25) is 4.98 Å². The normalized spacial score (nSPS) is 11.8. The summed E-state index contributed by atoms with van der Waals surface area (Å²) >= 11 is 37.4. The fourth-order valence-corrected chi connectivity index (χ4v) is 20.2. The summed E-state index contributed by atoms with van der Waals surface area (Å²) < 4.78 is 12.6. The Morgan fingerprint density at radius 3 is 1.59 bits per heavy atom. The molecule has 0 spiro atoms. The molecule has 13 heterocycles. The molecule has 0 N–H and O–H groups in total. The van der Waals surface area contributed by atoms with Gasteiger partial charge < -0.3 is 4.42 Å². The SMILES string of the molecule is Brc1nc(-c2ccc3oc4ccccc4c3c2)c2ncccc2n1.CC1(C)c2ccccc2-c2ccc(-c3nc(Br)nc4ncccc34)cc21.Clc1cc2ccsc2cn1.Clc1nc(-c2ccc(-c3ccccc3)cc2)c2sccc2n1.Clc1nc(-c2cccc(-c3ccccc3)c2)c2sccc2n1.Clc1nc(-c2ccccc2)c2sc3ccccc3c2n1. The number of rotatable bonds is 7. The van der Waals surface area contributed by atoms with Crippen molar-refractivity contribution in [2.45, 2.75) is 19.3 Å². The Hall–Kier alpha value is -12.4. The van der Waals surface area contributed by atoms with Crippen molar-refractivity contribution < 1.29 is 4.42 Å². The molecule has 0 saturated carbocycles. The quantitative estimate of drug-likeness (QED) is 0.109. The maximum atomic E-state index is 6.11. The maximum absolute atomic E-state index is 6.11. The van der Waals surface area contributed by atoms with Crippen LogP contribution in [0.15, 0.2) is 346 Å². The molecule has 1 aliphatic rings. The van der Waals surface area contributed by atoms with Gasteiger partial charge in [-0.05, 0) is 224 Å². The molecular weight excluding hydrogens is 1830 g/mol. The Kier molecular flexibility index (Phi) is 23.5. The third-order valence-corrected chi connectivity index (χ3v) is 26.3. The average Bonchev–Trinajstić information content (AvgIpc) is 1.57. The van der Waals surface area contributed by atoms with E-state index in [0.717, 1.165) is 136 Å². The lowest BCUT2D eigenvalue weighted by Gasteiger charge is -2.22. The first-order valence-electron chi connectivity index (χ1n) is 38.9. The Balaban J connectivity index is 0.0000000990. The number of hydrogen-bond acceptors (Lipinski definition) is 18. The van der Waals surface area contributed by atoms with E-state index in [0.29, 0.717) is 25.6 Å². The lowest BCUT2D eigenvalue weighted by Crippen LogP contribution is -2.14. The van der Waals surface area contributed by atoms with Gasteiger partial charge in [0.05, 0.1) is 63.6 Å². The molecule has 13 aromatic heterocycles. The topological polar surface area (TPSA) is 181 Å². The van der Waals surface area contributed by atoms with E-state index in [1.165, 1.54) is 53.7 Å². The summed E-state index contributed by atoms with van der Waals surface area (Å²) in [7, 11) is 0. The van der Waals surface area contributed by atoms with Crippen LogP contribution in [0.4, 0.5) is 0 Å². The van der Waals surface area contributed by atoms with Gasteiger partial charge in [-0.15, -0.1) is 45.3 Å². The second-order valence-electron chi connectivity index (χ2n) is 29.0. The molecule has 1 aliphatic carbocycles. The highest BCUT2D eigenvalue weighted by molar-refractivity contribution is 9.10. The summed E-state index contributed by atoms with van der Waals surface area (Å²) in [6.07, 6.45) is 5.31. The highest BCUT2D eigenvalue weighted by Crippen LogP contribution is 2.50. The highest BCUT2D eigenvalue weighted by Gasteiger charge is 2.35. The van der Waals surface area contributed by atoms with Crippen LogP contribution in [0.3, 0.4) is 0 Å². The van der Waals surface area contributed by atoms with Crippen LogP contribution in [0.1, 0.15) is 25.0 Å². The van der Waals surface area contributed by atoms with Crippen molar-refractivity contribution in [3.05, 3.63) is 374 Å². The van der Waals surface area contributed by atoms with E-state index in [1.54, 1.807) is 63.9 Å². The molecule has 0 amide bonds. The van der Waals surface area contributed by atoms with E-state index in [1.807, 2.05) is 180 Å². The summed E-state index contributed by atoms with van der Waals surface area (Å²) in [5.41, 5.74) is 26.5. The van der Waals surface area contributed by atoms with Crippen LogP contribution in [-0.4, -0.2) is 64.8 Å². The summed E-state index contributed by atoms with van der Waals surface area (Å²) in [6.45, 7) is 4.58. The predicted molar refractivity (Wildman–Crippen MR) is 522 cm³/mol. The number of fused-ring (bicyclic) bond motifs is 14. The molecule has 0 unspecified atom stereocenters. The van der Waals surface area contributed by atoms with E-state index in [2.05, 4.69) is 244 Å². The molecule has 0 fully saturated rings. The zero-order chi connectivity index (χ0) is 84.4. The minimum Gasteiger partial charge on any atom is -0.456 e. The Labute approximate surface area is 763 Å². The van der Waals surface area contributed by atoms with E-state index >= 15 is 0 Å². The van der Waals surface area contributed by atoms with Gasteiger partial charge in [-0.1, -0.05) is 232 Å². The zero-order valence-electron chi connectivity index (χ0n) is 65.4. The standard InChI is InChI=1S/C22H16BrN3.C19H10BrN3O.2C18H11ClN2S.C16H9ClN2S.C7H4ClNS/c1-22(2)17-8-4-3-6-14(17)15-10-9-13(12-18(15)22)19-16-7-5-11-24-20(16)26-21(23)25-19;20-19-22-14-5-3-9-21-18(14)17(23-19)11-7-8-16-13(10-11)12-4-1-2-6-15(12)24-16;19-18-20-15-9-10-22-17(15)16(21-18)14-8-4-7-13(11-14)12-5-2-1-3-6-12;19-18-20-15-10-11-22-17(15)16(21-18)14-8-6-13(7-9-14)12-4-2-1-3-5-12;17-16-18-13(10-6-2-1-3-7-10)15-14(19-16)11-8-4-5-9-12(11)20-15;8-7-3-5-1-2-10-6(5)4-9-7/h3-12H,1-2H3;1-10H;2*1-11H;1-9H;1-4H. The first-order valence-corrected chi connectivity index (χ1v) is 45.5. The minimum atomic E-state index is -0.0275. The second-order valence-corrected chi connectivity index (χ2v) is 35.6. The molecule has 0 atom stereocenters. The van der Waals surface area contributed by atoms with Crippen molar-refractivity contribution in [1.82, 2.24) is 64.8 Å². The molecule has 14 nitrogen and oxygen atoms in total. The van der Waals surface area contributed by atoms with Gasteiger partial charge in [0.15, 0.2) is 15.1 Å². The van der Waals surface area contributed by atoms with Gasteiger partial charge in [-0.2, -0.15) is 0 Å². The van der Waals surface area contributed by atoms with Crippen LogP contribution in [0.25, 0.3) is 184 Å². The Morgan fingerprint density at radius 1 is 0.315 bits per heavy atom. The Morgan fingerprint density at radius 2 is 0.839 bits per heavy atom. The number of benzene rings is 10. The number of halogens is 6. The predicted octanol–water partition coefficient (Wildman–Crippen LogP) is 30.6. The van der Waals surface area contributed by atoms with Crippen molar-refractivity contribution >= 4 is 218 Å². The molecule has 0 bridgehead atoms. The number of thiophene rings is 4. The lowest BCUT2D eigenvalue weighted by molar-refractivity contribution is 0.660.